The lowest BCUT2D eigenvalue weighted by molar-refractivity contribution is 0.101. The molecule has 0 spiro atoms. The van der Waals surface area contributed by atoms with E-state index in [-0.39, 0.29) is 5.78 Å². The van der Waals surface area contributed by atoms with Crippen molar-refractivity contribution in [2.75, 3.05) is 7.11 Å². The van der Waals surface area contributed by atoms with Gasteiger partial charge in [-0.15, -0.1) is 0 Å². The fourth-order valence-electron chi connectivity index (χ4n) is 4.38. The summed E-state index contributed by atoms with van der Waals surface area (Å²) in [5, 5.41) is 1.01. The number of allylic oxidation sites excluding steroid dienone is 1. The summed E-state index contributed by atoms with van der Waals surface area (Å²) in [5.74, 6) is 2.19. The molecule has 5 nitrogen and oxygen atoms in total. The Kier molecular flexibility index (Phi) is 5.91. The number of Topliss-reactive ketones (excluding diaryl/α,β-unsaturated/α-hetero) is 1. The molecule has 2 heterocycles. The number of hydrogen-bond acceptors (Lipinski definition) is 4. The average Bonchev–Trinajstić information content (AvgIpc) is 3.41. The van der Waals surface area contributed by atoms with Crippen molar-refractivity contribution in [3.05, 3.63) is 101 Å². The van der Waals surface area contributed by atoms with Gasteiger partial charge in [0.1, 0.15) is 23.9 Å². The number of carbonyl (C=O) groups excluding carboxylic acids is 1. The molecule has 0 bridgehead atoms. The van der Waals surface area contributed by atoms with Crippen LogP contribution in [-0.4, -0.2) is 17.5 Å². The summed E-state index contributed by atoms with van der Waals surface area (Å²) in [7, 11) is 1.65. The fraction of sp³-hybridized carbons (Fsp3) is 0.167. The van der Waals surface area contributed by atoms with Gasteiger partial charge in [-0.2, -0.15) is 0 Å². The minimum Gasteiger partial charge on any atom is -0.497 e. The third-order valence-corrected chi connectivity index (χ3v) is 6.39. The Morgan fingerprint density at radius 2 is 1.89 bits per heavy atom. The standard InChI is InChI=1S/C30H27NO4/c1-5-20-7-9-21(10-8-20)18-34-27-14-12-24-29(32)28(35-30(24)19(27)3)15-22-17-31(6-2)26-13-11-23(33-4)16-25(22)26/h5,7-17H,1,6,18H2,2-4H3/b28-15-. The van der Waals surface area contributed by atoms with E-state index in [0.29, 0.717) is 29.4 Å². The molecular weight excluding hydrogens is 438 g/mol. The van der Waals surface area contributed by atoms with Gasteiger partial charge in [0.05, 0.1) is 12.7 Å². The van der Waals surface area contributed by atoms with E-state index in [0.717, 1.165) is 45.5 Å². The number of aryl methyl sites for hydroxylation is 1. The highest BCUT2D eigenvalue weighted by Gasteiger charge is 2.30. The van der Waals surface area contributed by atoms with Crippen molar-refractivity contribution in [3.8, 4) is 17.2 Å². The van der Waals surface area contributed by atoms with Crippen LogP contribution in [0.25, 0.3) is 23.1 Å². The predicted octanol–water partition coefficient (Wildman–Crippen LogP) is 6.82. The van der Waals surface area contributed by atoms with Gasteiger partial charge < -0.3 is 18.8 Å². The summed E-state index contributed by atoms with van der Waals surface area (Å²) >= 11 is 0. The Hall–Kier alpha value is -4.25. The Balaban J connectivity index is 1.43. The van der Waals surface area contributed by atoms with Crippen molar-refractivity contribution < 1.29 is 19.0 Å². The maximum atomic E-state index is 13.2. The maximum absolute atomic E-state index is 13.2. The van der Waals surface area contributed by atoms with Crippen LogP contribution in [0.3, 0.4) is 0 Å². The van der Waals surface area contributed by atoms with Crippen LogP contribution in [0.5, 0.6) is 17.2 Å². The van der Waals surface area contributed by atoms with Gasteiger partial charge in [-0.3, -0.25) is 4.79 Å². The minimum atomic E-state index is -0.130. The molecule has 1 aliphatic rings. The van der Waals surface area contributed by atoms with E-state index in [2.05, 4.69) is 18.1 Å². The number of fused-ring (bicyclic) bond motifs is 2. The van der Waals surface area contributed by atoms with Crippen LogP contribution >= 0.6 is 0 Å². The smallest absolute Gasteiger partial charge is 0.231 e. The first-order valence-corrected chi connectivity index (χ1v) is 11.6. The van der Waals surface area contributed by atoms with E-state index >= 15 is 0 Å². The number of methoxy groups -OCH3 is 1. The molecule has 0 amide bonds. The lowest BCUT2D eigenvalue weighted by atomic mass is 10.1. The van der Waals surface area contributed by atoms with Gasteiger partial charge in [0.25, 0.3) is 0 Å². The van der Waals surface area contributed by atoms with Crippen molar-refractivity contribution in [1.82, 2.24) is 4.57 Å². The monoisotopic (exact) mass is 465 g/mol. The molecule has 1 aromatic heterocycles. The first kappa shape index (κ1) is 22.5. The third-order valence-electron chi connectivity index (χ3n) is 6.39. The molecule has 0 saturated heterocycles. The number of ketones is 1. The van der Waals surface area contributed by atoms with E-state index < -0.39 is 0 Å². The van der Waals surface area contributed by atoms with E-state index in [1.54, 1.807) is 13.2 Å². The van der Waals surface area contributed by atoms with Gasteiger partial charge in [0.15, 0.2) is 5.76 Å². The number of ether oxygens (including phenoxy) is 3. The normalized spacial score (nSPS) is 13.7. The SMILES string of the molecule is C=Cc1ccc(COc2ccc3c(c2C)O/C(=C\c2cn(CC)c4ccc(OC)cc24)C3=O)cc1. The van der Waals surface area contributed by atoms with Crippen LogP contribution in [0, 0.1) is 6.92 Å². The summed E-state index contributed by atoms with van der Waals surface area (Å²) in [4.78, 5) is 13.2. The highest BCUT2D eigenvalue weighted by Crippen LogP contribution is 2.40. The van der Waals surface area contributed by atoms with E-state index in [1.807, 2.05) is 73.8 Å². The number of carbonyl (C=O) groups is 1. The highest BCUT2D eigenvalue weighted by atomic mass is 16.5. The quantitative estimate of drug-likeness (QED) is 0.281. The van der Waals surface area contributed by atoms with Crippen molar-refractivity contribution in [2.45, 2.75) is 27.0 Å². The summed E-state index contributed by atoms with van der Waals surface area (Å²) < 4.78 is 19.7. The first-order chi connectivity index (χ1) is 17.0. The van der Waals surface area contributed by atoms with Crippen LogP contribution in [0.15, 0.2) is 73.1 Å². The molecular formula is C30H27NO4. The molecule has 0 atom stereocenters. The van der Waals surface area contributed by atoms with Gasteiger partial charge in [0, 0.05) is 34.8 Å². The molecule has 176 valence electrons. The number of aromatic nitrogens is 1. The Morgan fingerprint density at radius 3 is 2.60 bits per heavy atom. The maximum Gasteiger partial charge on any atom is 0.231 e. The topological polar surface area (TPSA) is 49.7 Å². The van der Waals surface area contributed by atoms with Crippen molar-refractivity contribution >= 4 is 28.8 Å². The molecule has 1 aliphatic heterocycles. The summed E-state index contributed by atoms with van der Waals surface area (Å²) in [5.41, 5.74) is 5.46. The van der Waals surface area contributed by atoms with Crippen LogP contribution < -0.4 is 14.2 Å². The first-order valence-electron chi connectivity index (χ1n) is 11.6. The zero-order valence-electron chi connectivity index (χ0n) is 20.1. The average molecular weight is 466 g/mol. The molecule has 0 saturated carbocycles. The zero-order valence-corrected chi connectivity index (χ0v) is 20.1. The number of hydrogen-bond donors (Lipinski definition) is 0. The van der Waals surface area contributed by atoms with E-state index in [9.17, 15) is 4.79 Å². The molecule has 0 unspecified atom stereocenters. The van der Waals surface area contributed by atoms with Crippen LogP contribution in [-0.2, 0) is 13.2 Å². The number of nitrogens with zero attached hydrogens (tertiary/aromatic N) is 1. The van der Waals surface area contributed by atoms with Gasteiger partial charge in [-0.05, 0) is 61.4 Å². The Labute approximate surface area is 204 Å². The molecule has 4 aromatic rings. The second-order valence-electron chi connectivity index (χ2n) is 8.49. The molecule has 0 radical (unpaired) electrons. The molecule has 3 aromatic carbocycles. The van der Waals surface area contributed by atoms with Crippen LogP contribution in [0.2, 0.25) is 0 Å². The summed E-state index contributed by atoms with van der Waals surface area (Å²) in [6, 6.07) is 17.6. The van der Waals surface area contributed by atoms with Gasteiger partial charge >= 0.3 is 0 Å². The summed E-state index contributed by atoms with van der Waals surface area (Å²) in [6.45, 7) is 9.03. The van der Waals surface area contributed by atoms with Crippen molar-refractivity contribution in [3.63, 3.8) is 0 Å². The number of rotatable bonds is 7. The van der Waals surface area contributed by atoms with Crippen LogP contribution in [0.4, 0.5) is 0 Å². The van der Waals surface area contributed by atoms with Gasteiger partial charge in [-0.25, -0.2) is 0 Å². The van der Waals surface area contributed by atoms with E-state index in [1.165, 1.54) is 0 Å². The Bertz CT molecular complexity index is 1470. The van der Waals surface area contributed by atoms with E-state index in [4.69, 9.17) is 14.2 Å². The van der Waals surface area contributed by atoms with Crippen molar-refractivity contribution in [1.29, 1.82) is 0 Å². The number of benzene rings is 3. The third kappa shape index (κ3) is 4.10. The fourth-order valence-corrected chi connectivity index (χ4v) is 4.38. The van der Waals surface area contributed by atoms with Gasteiger partial charge in [0.2, 0.25) is 5.78 Å². The molecule has 0 fully saturated rings. The largest absolute Gasteiger partial charge is 0.497 e. The molecule has 35 heavy (non-hydrogen) atoms. The molecule has 0 aliphatic carbocycles. The zero-order chi connectivity index (χ0) is 24.5. The highest BCUT2D eigenvalue weighted by molar-refractivity contribution is 6.15. The molecule has 5 heteroatoms. The molecule has 0 N–H and O–H groups in total. The second kappa shape index (κ2) is 9.18. The van der Waals surface area contributed by atoms with Crippen molar-refractivity contribution in [2.24, 2.45) is 0 Å². The lowest BCUT2D eigenvalue weighted by Crippen LogP contribution is -1.98. The molecule has 5 rings (SSSR count). The lowest BCUT2D eigenvalue weighted by Gasteiger charge is -2.11. The van der Waals surface area contributed by atoms with Gasteiger partial charge in [-0.1, -0.05) is 36.9 Å². The van der Waals surface area contributed by atoms with Crippen LogP contribution in [0.1, 0.15) is 39.5 Å². The predicted molar refractivity (Wildman–Crippen MR) is 139 cm³/mol. The summed E-state index contributed by atoms with van der Waals surface area (Å²) in [6.07, 6.45) is 5.67. The minimum absolute atomic E-state index is 0.130. The second-order valence-corrected chi connectivity index (χ2v) is 8.49. The Morgan fingerprint density at radius 1 is 1.09 bits per heavy atom.